The summed E-state index contributed by atoms with van der Waals surface area (Å²) in [7, 11) is 1.63. The minimum absolute atomic E-state index is 0.108. The summed E-state index contributed by atoms with van der Waals surface area (Å²) in [5, 5.41) is 8.79. The molecule has 0 unspecified atom stereocenters. The smallest absolute Gasteiger partial charge is 0.252 e. The van der Waals surface area contributed by atoms with Gasteiger partial charge in [-0.05, 0) is 35.2 Å². The average molecular weight is 339 g/mol. The molecule has 1 amide bonds. The van der Waals surface area contributed by atoms with Crippen molar-refractivity contribution in [2.24, 2.45) is 0 Å². The second-order valence-corrected chi connectivity index (χ2v) is 6.08. The fourth-order valence-electron chi connectivity index (χ4n) is 2.21. The van der Waals surface area contributed by atoms with E-state index in [1.54, 1.807) is 47.8 Å². The molecule has 0 aliphatic carbocycles. The van der Waals surface area contributed by atoms with Gasteiger partial charge in [-0.1, -0.05) is 18.2 Å². The number of hydrogen-bond donors (Lipinski definition) is 1. The van der Waals surface area contributed by atoms with Crippen LogP contribution in [0.25, 0.3) is 6.08 Å². The predicted molar refractivity (Wildman–Crippen MR) is 96.1 cm³/mol. The quantitative estimate of drug-likeness (QED) is 0.696. The van der Waals surface area contributed by atoms with Crippen LogP contribution in [0.3, 0.4) is 0 Å². The van der Waals surface area contributed by atoms with Crippen molar-refractivity contribution in [3.05, 3.63) is 70.6 Å². The number of nitrogens with one attached hydrogen (secondary N) is 1. The SMILES string of the molecule is COc1ccc(/C=C/C(=O)N(Cc2cccs2)c2ccn[nH]2)cc1. The van der Waals surface area contributed by atoms with Crippen LogP contribution in [0.5, 0.6) is 5.75 Å². The van der Waals surface area contributed by atoms with Gasteiger partial charge in [-0.2, -0.15) is 5.10 Å². The van der Waals surface area contributed by atoms with Gasteiger partial charge < -0.3 is 4.74 Å². The van der Waals surface area contributed by atoms with Crippen molar-refractivity contribution in [3.63, 3.8) is 0 Å². The third-order valence-electron chi connectivity index (χ3n) is 3.47. The molecule has 1 N–H and O–H groups in total. The van der Waals surface area contributed by atoms with Crippen molar-refractivity contribution in [2.45, 2.75) is 6.54 Å². The van der Waals surface area contributed by atoms with E-state index in [1.165, 1.54) is 0 Å². The van der Waals surface area contributed by atoms with Gasteiger partial charge in [-0.25, -0.2) is 0 Å². The zero-order chi connectivity index (χ0) is 16.8. The first kappa shape index (κ1) is 16.0. The van der Waals surface area contributed by atoms with Crippen LogP contribution in [0.2, 0.25) is 0 Å². The molecule has 0 aliphatic heterocycles. The van der Waals surface area contributed by atoms with Gasteiger partial charge in [0.2, 0.25) is 0 Å². The third kappa shape index (κ3) is 3.91. The number of carbonyl (C=O) groups is 1. The minimum atomic E-state index is -0.108. The molecule has 3 rings (SSSR count). The van der Waals surface area contributed by atoms with E-state index in [0.29, 0.717) is 12.4 Å². The number of carbonyl (C=O) groups excluding carboxylic acids is 1. The van der Waals surface area contributed by atoms with Crippen LogP contribution in [0, 0.1) is 0 Å². The van der Waals surface area contributed by atoms with E-state index in [4.69, 9.17) is 4.74 Å². The molecule has 2 heterocycles. The van der Waals surface area contributed by atoms with Crippen molar-refractivity contribution in [2.75, 3.05) is 12.0 Å². The van der Waals surface area contributed by atoms with Crippen molar-refractivity contribution < 1.29 is 9.53 Å². The molecule has 0 radical (unpaired) electrons. The molecule has 5 nitrogen and oxygen atoms in total. The fraction of sp³-hybridized carbons (Fsp3) is 0.111. The number of rotatable bonds is 6. The summed E-state index contributed by atoms with van der Waals surface area (Å²) in [5.41, 5.74) is 0.935. The first-order valence-corrected chi connectivity index (χ1v) is 8.29. The van der Waals surface area contributed by atoms with Crippen LogP contribution in [-0.2, 0) is 11.3 Å². The largest absolute Gasteiger partial charge is 0.497 e. The van der Waals surface area contributed by atoms with Gasteiger partial charge >= 0.3 is 0 Å². The molecule has 0 aliphatic rings. The van der Waals surface area contributed by atoms with Gasteiger partial charge in [0.25, 0.3) is 5.91 Å². The number of amides is 1. The molecule has 0 atom stereocenters. The van der Waals surface area contributed by atoms with Crippen molar-refractivity contribution >= 4 is 29.1 Å². The van der Waals surface area contributed by atoms with E-state index < -0.39 is 0 Å². The van der Waals surface area contributed by atoms with Crippen LogP contribution >= 0.6 is 11.3 Å². The van der Waals surface area contributed by atoms with Crippen LogP contribution < -0.4 is 9.64 Å². The Labute approximate surface area is 144 Å². The maximum atomic E-state index is 12.6. The Balaban J connectivity index is 1.76. The van der Waals surface area contributed by atoms with E-state index in [2.05, 4.69) is 10.2 Å². The minimum Gasteiger partial charge on any atom is -0.497 e. The summed E-state index contributed by atoms with van der Waals surface area (Å²) in [6, 6.07) is 13.3. The van der Waals surface area contributed by atoms with Gasteiger partial charge in [0.1, 0.15) is 11.6 Å². The number of methoxy groups -OCH3 is 1. The Morgan fingerprint density at radius 3 is 2.75 bits per heavy atom. The number of aromatic amines is 1. The number of hydrogen-bond acceptors (Lipinski definition) is 4. The third-order valence-corrected chi connectivity index (χ3v) is 4.33. The van der Waals surface area contributed by atoms with Crippen molar-refractivity contribution in [1.29, 1.82) is 0 Å². The number of benzene rings is 1. The van der Waals surface area contributed by atoms with E-state index in [9.17, 15) is 4.79 Å². The molecular weight excluding hydrogens is 322 g/mol. The normalized spacial score (nSPS) is 10.9. The summed E-state index contributed by atoms with van der Waals surface area (Å²) in [4.78, 5) is 15.4. The second kappa shape index (κ2) is 7.61. The van der Waals surface area contributed by atoms with E-state index in [-0.39, 0.29) is 5.91 Å². The predicted octanol–water partition coefficient (Wildman–Crippen LogP) is 3.73. The van der Waals surface area contributed by atoms with E-state index in [0.717, 1.165) is 16.2 Å². The fourth-order valence-corrected chi connectivity index (χ4v) is 2.90. The van der Waals surface area contributed by atoms with E-state index >= 15 is 0 Å². The molecule has 0 bridgehead atoms. The molecular formula is C18H17N3O2S. The molecule has 1 aromatic carbocycles. The van der Waals surface area contributed by atoms with Gasteiger partial charge in [-0.15, -0.1) is 11.3 Å². The topological polar surface area (TPSA) is 58.2 Å². The number of ether oxygens (including phenoxy) is 1. The molecule has 2 aromatic heterocycles. The van der Waals surface area contributed by atoms with Gasteiger partial charge in [0.15, 0.2) is 0 Å². The molecule has 0 fully saturated rings. The van der Waals surface area contributed by atoms with Crippen LogP contribution in [0.15, 0.2) is 60.1 Å². The Bertz CT molecular complexity index is 793. The van der Waals surface area contributed by atoms with E-state index in [1.807, 2.05) is 41.8 Å². The molecule has 6 heteroatoms. The first-order valence-electron chi connectivity index (χ1n) is 7.41. The van der Waals surface area contributed by atoms with Gasteiger partial charge in [0.05, 0.1) is 19.9 Å². The Hall–Kier alpha value is -2.86. The summed E-state index contributed by atoms with van der Waals surface area (Å²) >= 11 is 1.62. The highest BCUT2D eigenvalue weighted by Crippen LogP contribution is 2.18. The summed E-state index contributed by atoms with van der Waals surface area (Å²) in [5.74, 6) is 1.35. The number of H-pyrrole nitrogens is 1. The second-order valence-electron chi connectivity index (χ2n) is 5.05. The number of anilines is 1. The molecule has 0 saturated heterocycles. The number of thiophene rings is 1. The molecule has 0 spiro atoms. The summed E-state index contributed by atoms with van der Waals surface area (Å²) in [6.07, 6.45) is 4.99. The highest BCUT2D eigenvalue weighted by molar-refractivity contribution is 7.09. The van der Waals surface area contributed by atoms with Crippen LogP contribution in [0.1, 0.15) is 10.4 Å². The maximum Gasteiger partial charge on any atom is 0.252 e. The summed E-state index contributed by atoms with van der Waals surface area (Å²) in [6.45, 7) is 0.506. The molecule has 3 aromatic rings. The van der Waals surface area contributed by atoms with Gasteiger partial charge in [0, 0.05) is 17.0 Å². The Morgan fingerprint density at radius 2 is 2.12 bits per heavy atom. The lowest BCUT2D eigenvalue weighted by Crippen LogP contribution is -2.28. The van der Waals surface area contributed by atoms with Gasteiger partial charge in [-0.3, -0.25) is 14.8 Å². The summed E-state index contributed by atoms with van der Waals surface area (Å²) < 4.78 is 5.13. The van der Waals surface area contributed by atoms with Crippen LogP contribution in [0.4, 0.5) is 5.82 Å². The monoisotopic (exact) mass is 339 g/mol. The Morgan fingerprint density at radius 1 is 1.29 bits per heavy atom. The van der Waals surface area contributed by atoms with Crippen LogP contribution in [-0.4, -0.2) is 23.2 Å². The highest BCUT2D eigenvalue weighted by atomic mass is 32.1. The molecule has 24 heavy (non-hydrogen) atoms. The van der Waals surface area contributed by atoms with Crippen molar-refractivity contribution in [1.82, 2.24) is 10.2 Å². The number of aromatic nitrogens is 2. The Kier molecular flexibility index (Phi) is 5.08. The molecule has 0 saturated carbocycles. The lowest BCUT2D eigenvalue weighted by Gasteiger charge is -2.18. The lowest BCUT2D eigenvalue weighted by molar-refractivity contribution is -0.114. The van der Waals surface area contributed by atoms with Crippen molar-refractivity contribution in [3.8, 4) is 5.75 Å². The first-order chi connectivity index (χ1) is 11.8. The maximum absolute atomic E-state index is 12.6. The zero-order valence-electron chi connectivity index (χ0n) is 13.2. The average Bonchev–Trinajstić information content (AvgIpc) is 3.31. The zero-order valence-corrected chi connectivity index (χ0v) is 14.0. The standard InChI is InChI=1S/C18H17N3O2S/c1-23-15-7-4-14(5-8-15)6-9-18(22)21(17-10-11-19-20-17)13-16-3-2-12-24-16/h2-12H,13H2,1H3,(H,19,20)/b9-6+. The lowest BCUT2D eigenvalue weighted by atomic mass is 10.2. The molecule has 122 valence electrons. The highest BCUT2D eigenvalue weighted by Gasteiger charge is 2.15. The number of nitrogens with zero attached hydrogens (tertiary/aromatic N) is 2.